The molecule has 1 atom stereocenters. The number of rotatable bonds is 7. The Labute approximate surface area is 112 Å². The smallest absolute Gasteiger partial charge is 0.232 e. The number of ketones is 1. The van der Waals surface area contributed by atoms with Gasteiger partial charge < -0.3 is 0 Å². The van der Waals surface area contributed by atoms with Gasteiger partial charge in [-0.05, 0) is 17.4 Å². The third kappa shape index (κ3) is 4.44. The van der Waals surface area contributed by atoms with Crippen molar-refractivity contribution in [1.82, 2.24) is 4.90 Å². The fourth-order valence-corrected chi connectivity index (χ4v) is 2.64. The summed E-state index contributed by atoms with van der Waals surface area (Å²) in [5.74, 6) is 0.251. The van der Waals surface area contributed by atoms with Crippen molar-refractivity contribution in [1.29, 1.82) is 0 Å². The van der Waals surface area contributed by atoms with E-state index in [1.54, 1.807) is 6.92 Å². The quantitative estimate of drug-likeness (QED) is 0.524. The number of thioether (sulfide) groups is 1. The first kappa shape index (κ1) is 15.2. The second-order valence-corrected chi connectivity index (χ2v) is 6.67. The Balaban J connectivity index is 2.28. The maximum Gasteiger partial charge on any atom is 0.232 e. The third-order valence-corrected chi connectivity index (χ3v) is 4.05. The van der Waals surface area contributed by atoms with Gasteiger partial charge in [-0.1, -0.05) is 20.8 Å². The molecule has 0 saturated carbocycles. The molecule has 4 nitrogen and oxygen atoms in total. The highest BCUT2D eigenvalue weighted by Crippen LogP contribution is 2.19. The molecule has 1 unspecified atom stereocenters. The number of imide groups is 1. The van der Waals surface area contributed by atoms with Crippen molar-refractivity contribution < 1.29 is 14.4 Å². The van der Waals surface area contributed by atoms with Crippen molar-refractivity contribution in [2.24, 2.45) is 5.92 Å². The van der Waals surface area contributed by atoms with Gasteiger partial charge in [-0.3, -0.25) is 19.3 Å². The van der Waals surface area contributed by atoms with Gasteiger partial charge in [-0.25, -0.2) is 0 Å². The van der Waals surface area contributed by atoms with Gasteiger partial charge in [0.1, 0.15) is 0 Å². The summed E-state index contributed by atoms with van der Waals surface area (Å²) in [6.45, 7) is 5.93. The van der Waals surface area contributed by atoms with Crippen LogP contribution in [0.1, 0.15) is 40.0 Å². The van der Waals surface area contributed by atoms with E-state index in [0.29, 0.717) is 11.7 Å². The van der Waals surface area contributed by atoms with Crippen LogP contribution in [0.15, 0.2) is 0 Å². The molecule has 1 heterocycles. The Hall–Kier alpha value is -0.840. The second kappa shape index (κ2) is 6.92. The lowest BCUT2D eigenvalue weighted by molar-refractivity contribution is -0.142. The number of hydrogen-bond acceptors (Lipinski definition) is 4. The highest BCUT2D eigenvalue weighted by molar-refractivity contribution is 7.99. The van der Waals surface area contributed by atoms with Gasteiger partial charge >= 0.3 is 0 Å². The van der Waals surface area contributed by atoms with E-state index in [1.807, 2.05) is 11.8 Å². The van der Waals surface area contributed by atoms with Crippen LogP contribution in [0, 0.1) is 5.92 Å². The van der Waals surface area contributed by atoms with Crippen LogP contribution in [0.5, 0.6) is 0 Å². The number of Topliss-reactive ketones (excluding diaryl/α,β-unsaturated/α-hetero) is 1. The van der Waals surface area contributed by atoms with E-state index in [0.717, 1.165) is 17.1 Å². The Kier molecular flexibility index (Phi) is 5.85. The predicted molar refractivity (Wildman–Crippen MR) is 72.3 cm³/mol. The van der Waals surface area contributed by atoms with Crippen LogP contribution in [-0.2, 0) is 14.4 Å². The van der Waals surface area contributed by atoms with Crippen LogP contribution in [0.2, 0.25) is 0 Å². The van der Waals surface area contributed by atoms with Gasteiger partial charge in [0.15, 0.2) is 5.78 Å². The summed E-state index contributed by atoms with van der Waals surface area (Å²) in [5.41, 5.74) is 0. The van der Waals surface area contributed by atoms with Gasteiger partial charge in [-0.2, -0.15) is 11.8 Å². The number of amides is 2. The molecule has 1 aliphatic rings. The van der Waals surface area contributed by atoms with Crippen LogP contribution in [0.3, 0.4) is 0 Å². The molecule has 102 valence electrons. The molecule has 0 radical (unpaired) electrons. The van der Waals surface area contributed by atoms with Gasteiger partial charge in [0.05, 0.1) is 6.54 Å². The van der Waals surface area contributed by atoms with E-state index in [2.05, 4.69) is 13.8 Å². The largest absolute Gasteiger partial charge is 0.298 e. The molecular weight excluding hydrogens is 250 g/mol. The second-order valence-electron chi connectivity index (χ2n) is 4.99. The van der Waals surface area contributed by atoms with Crippen molar-refractivity contribution in [3.8, 4) is 0 Å². The SMILES string of the molecule is CC(C)SCCCC(=O)CN1C(=O)CC(C)C1=O. The fraction of sp³-hybridized carbons (Fsp3) is 0.769. The van der Waals surface area contributed by atoms with Crippen LogP contribution >= 0.6 is 11.8 Å². The minimum absolute atomic E-state index is 0.0184. The summed E-state index contributed by atoms with van der Waals surface area (Å²) < 4.78 is 0. The van der Waals surface area contributed by atoms with Crippen molar-refractivity contribution in [3.63, 3.8) is 0 Å². The number of hydrogen-bond donors (Lipinski definition) is 0. The molecule has 0 aliphatic carbocycles. The van der Waals surface area contributed by atoms with E-state index in [1.165, 1.54) is 0 Å². The number of carbonyl (C=O) groups excluding carboxylic acids is 3. The third-order valence-electron chi connectivity index (χ3n) is 2.86. The summed E-state index contributed by atoms with van der Waals surface area (Å²) in [7, 11) is 0. The summed E-state index contributed by atoms with van der Waals surface area (Å²) in [5, 5.41) is 0.572. The fourth-order valence-electron chi connectivity index (χ4n) is 1.86. The summed E-state index contributed by atoms with van der Waals surface area (Å²) in [4.78, 5) is 35.9. The van der Waals surface area contributed by atoms with Gasteiger partial charge in [-0.15, -0.1) is 0 Å². The molecule has 0 aromatic carbocycles. The van der Waals surface area contributed by atoms with Crippen LogP contribution < -0.4 is 0 Å². The topological polar surface area (TPSA) is 54.5 Å². The summed E-state index contributed by atoms with van der Waals surface area (Å²) in [6, 6.07) is 0. The van der Waals surface area contributed by atoms with Crippen LogP contribution in [0.25, 0.3) is 0 Å². The predicted octanol–water partition coefficient (Wildman–Crippen LogP) is 1.87. The zero-order chi connectivity index (χ0) is 13.7. The zero-order valence-electron chi connectivity index (χ0n) is 11.3. The standard InChI is InChI=1S/C13H21NO3S/c1-9(2)18-6-4-5-11(15)8-14-12(16)7-10(3)13(14)17/h9-10H,4-8H2,1-3H3. The molecule has 1 aliphatic heterocycles. The first-order valence-corrected chi connectivity index (χ1v) is 7.44. The lowest BCUT2D eigenvalue weighted by Gasteiger charge is -2.13. The van der Waals surface area contributed by atoms with Gasteiger partial charge in [0, 0.05) is 18.8 Å². The minimum atomic E-state index is -0.262. The lowest BCUT2D eigenvalue weighted by Crippen LogP contribution is -2.35. The number of likely N-dealkylation sites (tertiary alicyclic amines) is 1. The monoisotopic (exact) mass is 271 g/mol. The summed E-state index contributed by atoms with van der Waals surface area (Å²) >= 11 is 1.82. The molecule has 1 rings (SSSR count). The van der Waals surface area contributed by atoms with E-state index in [-0.39, 0.29) is 36.5 Å². The van der Waals surface area contributed by atoms with Crippen LogP contribution in [-0.4, -0.2) is 40.0 Å². The Morgan fingerprint density at radius 3 is 2.61 bits per heavy atom. The van der Waals surface area contributed by atoms with Crippen molar-refractivity contribution in [2.45, 2.75) is 45.3 Å². The highest BCUT2D eigenvalue weighted by atomic mass is 32.2. The van der Waals surface area contributed by atoms with Crippen molar-refractivity contribution in [2.75, 3.05) is 12.3 Å². The molecule has 0 spiro atoms. The average Bonchev–Trinajstić information content (AvgIpc) is 2.51. The molecule has 0 bridgehead atoms. The average molecular weight is 271 g/mol. The molecule has 18 heavy (non-hydrogen) atoms. The first-order valence-electron chi connectivity index (χ1n) is 6.39. The van der Waals surface area contributed by atoms with Crippen LogP contribution in [0.4, 0.5) is 0 Å². The minimum Gasteiger partial charge on any atom is -0.298 e. The molecule has 1 saturated heterocycles. The Morgan fingerprint density at radius 2 is 2.11 bits per heavy atom. The molecule has 1 fully saturated rings. The van der Waals surface area contributed by atoms with Crippen molar-refractivity contribution >= 4 is 29.4 Å². The number of nitrogens with zero attached hydrogens (tertiary/aromatic N) is 1. The van der Waals surface area contributed by atoms with E-state index < -0.39 is 0 Å². The molecule has 2 amide bonds. The maximum absolute atomic E-state index is 11.7. The van der Waals surface area contributed by atoms with E-state index in [4.69, 9.17) is 0 Å². The van der Waals surface area contributed by atoms with E-state index >= 15 is 0 Å². The highest BCUT2D eigenvalue weighted by Gasteiger charge is 2.36. The zero-order valence-corrected chi connectivity index (χ0v) is 12.1. The number of carbonyl (C=O) groups is 3. The molecule has 0 N–H and O–H groups in total. The van der Waals surface area contributed by atoms with E-state index in [9.17, 15) is 14.4 Å². The van der Waals surface area contributed by atoms with Gasteiger partial charge in [0.25, 0.3) is 0 Å². The molecule has 5 heteroatoms. The lowest BCUT2D eigenvalue weighted by atomic mass is 10.1. The first-order chi connectivity index (χ1) is 8.41. The Morgan fingerprint density at radius 1 is 1.44 bits per heavy atom. The molecule has 0 aromatic rings. The molecular formula is C13H21NO3S. The summed E-state index contributed by atoms with van der Waals surface area (Å²) in [6.07, 6.45) is 1.51. The Bertz CT molecular complexity index is 341. The van der Waals surface area contributed by atoms with Crippen molar-refractivity contribution in [3.05, 3.63) is 0 Å². The van der Waals surface area contributed by atoms with Gasteiger partial charge in [0.2, 0.25) is 11.8 Å². The normalized spacial score (nSPS) is 20.0. The maximum atomic E-state index is 11.7. The molecule has 0 aromatic heterocycles.